The molecule has 2 atom stereocenters. The summed E-state index contributed by atoms with van der Waals surface area (Å²) in [6, 6.07) is 6.88. The molecule has 1 aromatic carbocycles. The van der Waals surface area contributed by atoms with Crippen LogP contribution in [0.5, 0.6) is 0 Å². The van der Waals surface area contributed by atoms with Gasteiger partial charge in [-0.05, 0) is 68.5 Å². The zero-order valence-electron chi connectivity index (χ0n) is 20.4. The number of nitrogens with zero attached hydrogens (tertiary/aromatic N) is 2. The van der Waals surface area contributed by atoms with Gasteiger partial charge in [0, 0.05) is 19.3 Å². The van der Waals surface area contributed by atoms with Gasteiger partial charge in [0.05, 0.1) is 5.92 Å². The number of nitrogen functional groups attached to an aromatic ring is 1. The number of nitrogens with one attached hydrogen (secondary N) is 1. The highest BCUT2D eigenvalue weighted by molar-refractivity contribution is 5.92. The van der Waals surface area contributed by atoms with Gasteiger partial charge in [0.25, 0.3) is 0 Å². The minimum absolute atomic E-state index is 0.0114. The summed E-state index contributed by atoms with van der Waals surface area (Å²) in [5.41, 5.74) is 11.3. The van der Waals surface area contributed by atoms with E-state index < -0.39 is 34.9 Å². The van der Waals surface area contributed by atoms with Gasteiger partial charge in [-0.25, -0.2) is 13.8 Å². The minimum atomic E-state index is -1.36. The molecular formula is C26H35F2N5O2. The van der Waals surface area contributed by atoms with Gasteiger partial charge in [-0.15, -0.1) is 0 Å². The number of rotatable bonds is 10. The predicted octanol–water partition coefficient (Wildman–Crippen LogP) is 3.17. The third-order valence-corrected chi connectivity index (χ3v) is 7.28. The molecule has 1 saturated carbocycles. The van der Waals surface area contributed by atoms with Crippen LogP contribution < -0.4 is 16.8 Å². The van der Waals surface area contributed by atoms with Gasteiger partial charge in [-0.3, -0.25) is 14.5 Å². The van der Waals surface area contributed by atoms with Gasteiger partial charge in [0.15, 0.2) is 11.6 Å². The third kappa shape index (κ3) is 6.54. The number of benzene rings is 1. The van der Waals surface area contributed by atoms with E-state index in [4.69, 9.17) is 11.5 Å². The van der Waals surface area contributed by atoms with Crippen molar-refractivity contribution in [1.29, 1.82) is 0 Å². The van der Waals surface area contributed by atoms with Crippen LogP contribution in [-0.4, -0.2) is 40.8 Å². The van der Waals surface area contributed by atoms with E-state index in [2.05, 4.69) is 10.3 Å². The van der Waals surface area contributed by atoms with Gasteiger partial charge in [-0.1, -0.05) is 31.4 Å². The Bertz CT molecular complexity index is 1030. The van der Waals surface area contributed by atoms with E-state index >= 15 is 0 Å². The van der Waals surface area contributed by atoms with E-state index in [9.17, 15) is 18.4 Å². The second kappa shape index (κ2) is 11.6. The molecule has 0 saturated heterocycles. The average molecular weight is 488 g/mol. The summed E-state index contributed by atoms with van der Waals surface area (Å²) in [5, 5.41) is 2.86. The Balaban J connectivity index is 1.89. The highest BCUT2D eigenvalue weighted by atomic mass is 19.2. The maximum Gasteiger partial charge on any atom is 0.238 e. The van der Waals surface area contributed by atoms with E-state index in [0.717, 1.165) is 43.4 Å². The quantitative estimate of drug-likeness (QED) is 0.476. The Morgan fingerprint density at radius 1 is 1.14 bits per heavy atom. The van der Waals surface area contributed by atoms with Gasteiger partial charge < -0.3 is 16.8 Å². The molecule has 1 unspecified atom stereocenters. The molecule has 1 aliphatic carbocycles. The highest BCUT2D eigenvalue weighted by Crippen LogP contribution is 2.32. The van der Waals surface area contributed by atoms with Crippen molar-refractivity contribution in [2.75, 3.05) is 19.3 Å². The van der Waals surface area contributed by atoms with E-state index in [0.29, 0.717) is 23.8 Å². The molecule has 35 heavy (non-hydrogen) atoms. The number of halogens is 2. The maximum absolute atomic E-state index is 14.0. The van der Waals surface area contributed by atoms with Crippen LogP contribution in [-0.2, 0) is 22.6 Å². The first-order chi connectivity index (χ1) is 16.6. The number of hydrogen-bond acceptors (Lipinski definition) is 5. The van der Waals surface area contributed by atoms with Crippen molar-refractivity contribution in [2.45, 2.75) is 57.5 Å². The Kier molecular flexibility index (Phi) is 8.77. The summed E-state index contributed by atoms with van der Waals surface area (Å²) in [6.07, 6.45) is 7.17. The normalized spacial score (nSPS) is 17.1. The second-order valence-corrected chi connectivity index (χ2v) is 9.71. The minimum Gasteiger partial charge on any atom is -0.384 e. The Morgan fingerprint density at radius 2 is 1.83 bits per heavy atom. The third-order valence-electron chi connectivity index (χ3n) is 7.28. The number of aromatic nitrogens is 1. The molecule has 1 aliphatic rings. The number of primary amides is 1. The van der Waals surface area contributed by atoms with Crippen LogP contribution in [0.15, 0.2) is 36.5 Å². The molecule has 7 nitrogen and oxygen atoms in total. The molecule has 1 aromatic heterocycles. The average Bonchev–Trinajstić information content (AvgIpc) is 2.84. The lowest BCUT2D eigenvalue weighted by atomic mass is 9.77. The first kappa shape index (κ1) is 26.5. The molecule has 0 spiro atoms. The number of carbonyl (C=O) groups is 2. The molecule has 0 radical (unpaired) electrons. The van der Waals surface area contributed by atoms with Gasteiger partial charge in [-0.2, -0.15) is 0 Å². The zero-order chi connectivity index (χ0) is 25.6. The number of hydrogen-bond donors (Lipinski definition) is 3. The first-order valence-corrected chi connectivity index (χ1v) is 12.0. The van der Waals surface area contributed by atoms with Crippen molar-refractivity contribution in [1.82, 2.24) is 15.2 Å². The van der Waals surface area contributed by atoms with E-state index in [1.165, 1.54) is 12.5 Å². The maximum atomic E-state index is 14.0. The molecule has 2 amide bonds. The Morgan fingerprint density at radius 3 is 2.43 bits per heavy atom. The first-order valence-electron chi connectivity index (χ1n) is 12.0. The standard InChI is InChI=1S/C26H35F2N5O2/c1-26(25(30)35,33(2)16-17-6-4-3-5-7-17)20(12-18-8-10-21(27)22(28)13-18)24(34)32-15-19-9-11-23(29)31-14-19/h8-11,13-14,17,20H,3-7,12,15-16H2,1-2H3,(H2,29,31)(H2,30,35)(H,32,34)/t20-,26?/m1/s1. The fourth-order valence-corrected chi connectivity index (χ4v) is 4.87. The number of likely N-dealkylation sites (N-methyl/N-ethyl adjacent to an activating group) is 1. The number of pyridine rings is 1. The summed E-state index contributed by atoms with van der Waals surface area (Å²) in [6.45, 7) is 2.44. The van der Waals surface area contributed by atoms with Crippen molar-refractivity contribution in [2.24, 2.45) is 17.6 Å². The lowest BCUT2D eigenvalue weighted by molar-refractivity contribution is -0.142. The summed E-state index contributed by atoms with van der Waals surface area (Å²) < 4.78 is 27.5. The Hall–Kier alpha value is -3.07. The summed E-state index contributed by atoms with van der Waals surface area (Å²) >= 11 is 0. The molecule has 9 heteroatoms. The number of anilines is 1. The molecule has 2 aromatic rings. The number of carbonyl (C=O) groups excluding carboxylic acids is 2. The molecule has 5 N–H and O–H groups in total. The zero-order valence-corrected chi connectivity index (χ0v) is 20.4. The molecule has 0 bridgehead atoms. The van der Waals surface area contributed by atoms with Crippen LogP contribution in [0, 0.1) is 23.5 Å². The molecule has 1 fully saturated rings. The number of amides is 2. The van der Waals surface area contributed by atoms with E-state index in [1.54, 1.807) is 32.3 Å². The monoisotopic (exact) mass is 487 g/mol. The predicted molar refractivity (Wildman–Crippen MR) is 131 cm³/mol. The SMILES string of the molecule is CN(CC1CCCCC1)C(C)(C(N)=O)[C@H](Cc1ccc(F)c(F)c1)C(=O)NCc1ccc(N)nc1. The van der Waals surface area contributed by atoms with Gasteiger partial charge in [0.1, 0.15) is 11.4 Å². The van der Waals surface area contributed by atoms with Gasteiger partial charge >= 0.3 is 0 Å². The van der Waals surface area contributed by atoms with Crippen molar-refractivity contribution >= 4 is 17.6 Å². The molecule has 1 heterocycles. The fraction of sp³-hybridized carbons (Fsp3) is 0.500. The van der Waals surface area contributed by atoms with Crippen LogP contribution in [0.1, 0.15) is 50.2 Å². The van der Waals surface area contributed by atoms with Crippen molar-refractivity contribution in [3.8, 4) is 0 Å². The van der Waals surface area contributed by atoms with E-state index in [-0.39, 0.29) is 13.0 Å². The van der Waals surface area contributed by atoms with Crippen LogP contribution in [0.3, 0.4) is 0 Å². The topological polar surface area (TPSA) is 114 Å². The molecule has 3 rings (SSSR count). The number of nitrogens with two attached hydrogens (primary N) is 2. The lowest BCUT2D eigenvalue weighted by Gasteiger charge is -2.43. The fourth-order valence-electron chi connectivity index (χ4n) is 4.87. The smallest absolute Gasteiger partial charge is 0.238 e. The van der Waals surface area contributed by atoms with Crippen molar-refractivity contribution in [3.63, 3.8) is 0 Å². The summed E-state index contributed by atoms with van der Waals surface area (Å²) in [7, 11) is 1.80. The lowest BCUT2D eigenvalue weighted by Crippen LogP contribution is -2.63. The van der Waals surface area contributed by atoms with Crippen LogP contribution in [0.4, 0.5) is 14.6 Å². The van der Waals surface area contributed by atoms with Crippen LogP contribution in [0.25, 0.3) is 0 Å². The largest absolute Gasteiger partial charge is 0.384 e. The van der Waals surface area contributed by atoms with Gasteiger partial charge in [0.2, 0.25) is 11.8 Å². The Labute approximate surface area is 205 Å². The van der Waals surface area contributed by atoms with E-state index in [1.807, 2.05) is 4.90 Å². The van der Waals surface area contributed by atoms with Crippen LogP contribution in [0.2, 0.25) is 0 Å². The summed E-state index contributed by atoms with van der Waals surface area (Å²) in [4.78, 5) is 32.3. The van der Waals surface area contributed by atoms with Crippen molar-refractivity contribution < 1.29 is 18.4 Å². The second-order valence-electron chi connectivity index (χ2n) is 9.71. The summed E-state index contributed by atoms with van der Waals surface area (Å²) in [5.74, 6) is -3.22. The highest BCUT2D eigenvalue weighted by Gasteiger charge is 2.47. The molecule has 190 valence electrons. The molecule has 0 aliphatic heterocycles. The molecular weight excluding hydrogens is 452 g/mol. The van der Waals surface area contributed by atoms with Crippen LogP contribution >= 0.6 is 0 Å². The van der Waals surface area contributed by atoms with Crippen molar-refractivity contribution in [3.05, 3.63) is 59.3 Å².